The fourth-order valence-electron chi connectivity index (χ4n) is 3.20. The molecule has 0 spiro atoms. The van der Waals surface area contributed by atoms with Crippen molar-refractivity contribution in [3.05, 3.63) is 70.1 Å². The predicted molar refractivity (Wildman–Crippen MR) is 112 cm³/mol. The summed E-state index contributed by atoms with van der Waals surface area (Å²) >= 11 is 1.58. The molecule has 5 nitrogen and oxygen atoms in total. The van der Waals surface area contributed by atoms with E-state index in [9.17, 15) is 10.4 Å². The average Bonchev–Trinajstić information content (AvgIpc) is 3.10. The Kier molecular flexibility index (Phi) is 5.27. The largest absolute Gasteiger partial charge is 0.507 e. The molecule has 6 heteroatoms. The van der Waals surface area contributed by atoms with Gasteiger partial charge >= 0.3 is 0 Å². The number of thiophene rings is 1. The van der Waals surface area contributed by atoms with Crippen molar-refractivity contribution in [2.75, 3.05) is 0 Å². The first kappa shape index (κ1) is 18.1. The number of benzene rings is 2. The summed E-state index contributed by atoms with van der Waals surface area (Å²) in [6.07, 6.45) is 5.85. The van der Waals surface area contributed by atoms with Crippen LogP contribution in [0.5, 0.6) is 5.75 Å². The molecule has 0 aliphatic heterocycles. The molecule has 0 bridgehead atoms. The lowest BCUT2D eigenvalue weighted by atomic mass is 9.96. The van der Waals surface area contributed by atoms with Gasteiger partial charge in [-0.2, -0.15) is 15.5 Å². The van der Waals surface area contributed by atoms with Gasteiger partial charge in [0, 0.05) is 16.7 Å². The molecule has 0 radical (unpaired) electrons. The van der Waals surface area contributed by atoms with Gasteiger partial charge in [0.15, 0.2) is 0 Å². The maximum Gasteiger partial charge on any atom is 0.134 e. The van der Waals surface area contributed by atoms with Crippen molar-refractivity contribution < 1.29 is 5.11 Å². The van der Waals surface area contributed by atoms with E-state index in [2.05, 4.69) is 21.3 Å². The molecule has 0 saturated carbocycles. The summed E-state index contributed by atoms with van der Waals surface area (Å²) in [5.41, 5.74) is 3.75. The number of fused-ring (bicyclic) bond motifs is 1. The molecule has 0 saturated heterocycles. The molecule has 2 aromatic carbocycles. The molecule has 1 N–H and O–H groups in total. The summed E-state index contributed by atoms with van der Waals surface area (Å²) in [4.78, 5) is 5.78. The lowest BCUT2D eigenvalue weighted by Gasteiger charge is -2.09. The quantitative estimate of drug-likeness (QED) is 0.417. The van der Waals surface area contributed by atoms with Gasteiger partial charge in [0.05, 0.1) is 16.9 Å². The minimum absolute atomic E-state index is 0.113. The molecule has 0 unspecified atom stereocenters. The Morgan fingerprint density at radius 3 is 2.61 bits per heavy atom. The highest BCUT2D eigenvalue weighted by Gasteiger charge is 2.20. The second kappa shape index (κ2) is 8.15. The van der Waals surface area contributed by atoms with Gasteiger partial charge < -0.3 is 5.11 Å². The number of hydrogen-bond acceptors (Lipinski definition) is 6. The fraction of sp³-hybridized carbons (Fsp3) is 0.182. The Morgan fingerprint density at radius 2 is 1.79 bits per heavy atom. The number of aryl methyl sites for hydroxylation is 1. The molecule has 28 heavy (non-hydrogen) atoms. The third kappa shape index (κ3) is 3.85. The zero-order valence-electron chi connectivity index (χ0n) is 15.2. The van der Waals surface area contributed by atoms with Crippen LogP contribution in [0, 0.1) is 11.3 Å². The standard InChI is InChI=1S/C22H18N4OS/c23-13-19-18-8-4-5-9-21(18)28-22(19)24-14-15-12-17(10-11-20(15)27)26-25-16-6-2-1-3-7-16/h1-3,6-7,10-12,14,27H,4-5,8-9H2. The van der Waals surface area contributed by atoms with Crippen LogP contribution in [0.15, 0.2) is 63.8 Å². The van der Waals surface area contributed by atoms with E-state index in [1.54, 1.807) is 35.8 Å². The normalized spacial score (nSPS) is 13.7. The zero-order chi connectivity index (χ0) is 19.3. The van der Waals surface area contributed by atoms with Crippen LogP contribution in [0.3, 0.4) is 0 Å². The minimum Gasteiger partial charge on any atom is -0.507 e. The first-order chi connectivity index (χ1) is 13.7. The minimum atomic E-state index is 0.113. The van der Waals surface area contributed by atoms with E-state index in [1.807, 2.05) is 30.3 Å². The summed E-state index contributed by atoms with van der Waals surface area (Å²) in [6.45, 7) is 0. The highest BCUT2D eigenvalue weighted by Crippen LogP contribution is 2.39. The SMILES string of the molecule is N#Cc1c(N=Cc2cc(N=Nc3ccccc3)ccc2O)sc2c1CCCC2. The van der Waals surface area contributed by atoms with Gasteiger partial charge in [-0.15, -0.1) is 11.3 Å². The molecule has 0 atom stereocenters. The van der Waals surface area contributed by atoms with Crippen molar-refractivity contribution >= 4 is 33.9 Å². The van der Waals surface area contributed by atoms with Crippen LogP contribution in [-0.4, -0.2) is 11.3 Å². The first-order valence-corrected chi connectivity index (χ1v) is 9.95. The topological polar surface area (TPSA) is 81.1 Å². The molecule has 3 aromatic rings. The van der Waals surface area contributed by atoms with Gasteiger partial charge in [-0.05, 0) is 61.6 Å². The van der Waals surface area contributed by atoms with Crippen molar-refractivity contribution in [2.45, 2.75) is 25.7 Å². The number of nitriles is 1. The molecule has 138 valence electrons. The summed E-state index contributed by atoms with van der Waals surface area (Å²) in [7, 11) is 0. The van der Waals surface area contributed by atoms with Crippen LogP contribution in [-0.2, 0) is 12.8 Å². The Labute approximate surface area is 167 Å². The van der Waals surface area contributed by atoms with Crippen molar-refractivity contribution in [1.29, 1.82) is 5.26 Å². The van der Waals surface area contributed by atoms with Gasteiger partial charge in [-0.3, -0.25) is 0 Å². The van der Waals surface area contributed by atoms with E-state index in [4.69, 9.17) is 0 Å². The monoisotopic (exact) mass is 386 g/mol. The van der Waals surface area contributed by atoms with Crippen LogP contribution in [0.4, 0.5) is 16.4 Å². The van der Waals surface area contributed by atoms with Crippen molar-refractivity contribution in [3.8, 4) is 11.8 Å². The molecular weight excluding hydrogens is 368 g/mol. The van der Waals surface area contributed by atoms with Gasteiger partial charge in [-0.1, -0.05) is 18.2 Å². The number of nitrogens with zero attached hydrogens (tertiary/aromatic N) is 4. The average molecular weight is 386 g/mol. The maximum absolute atomic E-state index is 10.2. The number of phenols is 1. The van der Waals surface area contributed by atoms with Crippen LogP contribution < -0.4 is 0 Å². The number of aromatic hydroxyl groups is 1. The molecular formula is C22H18N4OS. The highest BCUT2D eigenvalue weighted by molar-refractivity contribution is 7.16. The Hall–Kier alpha value is -3.30. The molecule has 1 heterocycles. The van der Waals surface area contributed by atoms with Gasteiger partial charge in [0.1, 0.15) is 16.8 Å². The summed E-state index contributed by atoms with van der Waals surface area (Å²) in [5, 5.41) is 28.8. The maximum atomic E-state index is 10.2. The first-order valence-electron chi connectivity index (χ1n) is 9.13. The Balaban J connectivity index is 1.61. The number of azo groups is 1. The van der Waals surface area contributed by atoms with Gasteiger partial charge in [-0.25, -0.2) is 4.99 Å². The van der Waals surface area contributed by atoms with E-state index < -0.39 is 0 Å². The fourth-order valence-corrected chi connectivity index (χ4v) is 4.39. The molecule has 1 aliphatic rings. The van der Waals surface area contributed by atoms with Gasteiger partial charge in [0.25, 0.3) is 0 Å². The van der Waals surface area contributed by atoms with E-state index in [1.165, 1.54) is 4.88 Å². The van der Waals surface area contributed by atoms with E-state index in [-0.39, 0.29) is 5.75 Å². The molecule has 0 fully saturated rings. The van der Waals surface area contributed by atoms with Crippen LogP contribution in [0.2, 0.25) is 0 Å². The number of phenolic OH excluding ortho intramolecular Hbond substituents is 1. The lowest BCUT2D eigenvalue weighted by Crippen LogP contribution is -1.99. The second-order valence-corrected chi connectivity index (χ2v) is 7.62. The van der Waals surface area contributed by atoms with Gasteiger partial charge in [0.2, 0.25) is 0 Å². The number of rotatable bonds is 4. The summed E-state index contributed by atoms with van der Waals surface area (Å²) in [5.74, 6) is 0.113. The molecule has 0 amide bonds. The van der Waals surface area contributed by atoms with Crippen molar-refractivity contribution in [3.63, 3.8) is 0 Å². The third-order valence-corrected chi connectivity index (χ3v) is 5.83. The van der Waals surface area contributed by atoms with Crippen LogP contribution >= 0.6 is 11.3 Å². The predicted octanol–water partition coefficient (Wildman–Crippen LogP) is 6.37. The summed E-state index contributed by atoms with van der Waals surface area (Å²) < 4.78 is 0. The highest BCUT2D eigenvalue weighted by atomic mass is 32.1. The second-order valence-electron chi connectivity index (χ2n) is 6.54. The van der Waals surface area contributed by atoms with E-state index >= 15 is 0 Å². The summed E-state index contributed by atoms with van der Waals surface area (Å²) in [6, 6.07) is 16.8. The van der Waals surface area contributed by atoms with E-state index in [0.717, 1.165) is 36.9 Å². The van der Waals surface area contributed by atoms with E-state index in [0.29, 0.717) is 21.8 Å². The number of aliphatic imine (C=N–C) groups is 1. The molecule has 4 rings (SSSR count). The Morgan fingerprint density at radius 1 is 1.00 bits per heavy atom. The number of hydrogen-bond donors (Lipinski definition) is 1. The van der Waals surface area contributed by atoms with Crippen molar-refractivity contribution in [2.24, 2.45) is 15.2 Å². The zero-order valence-corrected chi connectivity index (χ0v) is 16.0. The Bertz CT molecular complexity index is 1090. The van der Waals surface area contributed by atoms with Crippen LogP contribution in [0.1, 0.15) is 34.4 Å². The third-order valence-electron chi connectivity index (χ3n) is 4.63. The lowest BCUT2D eigenvalue weighted by molar-refractivity contribution is 0.474. The molecule has 1 aromatic heterocycles. The molecule has 1 aliphatic carbocycles. The smallest absolute Gasteiger partial charge is 0.134 e. The van der Waals surface area contributed by atoms with Crippen LogP contribution in [0.25, 0.3) is 0 Å². The van der Waals surface area contributed by atoms with Crippen molar-refractivity contribution in [1.82, 2.24) is 0 Å².